The number of amidine groups is 4. The molecule has 35 nitrogen and oxygen atoms in total. The number of sulfone groups is 1. The highest BCUT2D eigenvalue weighted by Crippen LogP contribution is 2.26. The molecule has 0 aliphatic heterocycles. The third-order valence-electron chi connectivity index (χ3n) is 12.2. The maximum atomic E-state index is 13.3. The van der Waals surface area contributed by atoms with Gasteiger partial charge in [0.15, 0.2) is 46.1 Å². The summed E-state index contributed by atoms with van der Waals surface area (Å²) in [5.41, 5.74) is 3.59. The average molecular weight is 1740 g/mol. The standard InChI is InChI=1S/C14H17BrFN5O3S.3C13H16BrFN6O3S/c1-17-13(19-9-4-5-11(16)10(15)8-9)12-14(21-24-20-12)18-6-3-7-25(2,22)23;3*1-17-12(19-8-3-4-10(15)9(14)7-8)11-13(21-24-20-11)18-5-2-6-25(16,22)23/h4-5,8H,3,6-7H2,1-2H3,(H,17,19)(H,18,21);3*3-4,7H,2,5-6H2,1H3,(H,17,19)(H,18,21)(H2,16,22,23). The van der Waals surface area contributed by atoms with Crippen LogP contribution < -0.4 is 58.0 Å². The number of hydrogen-bond donors (Lipinski definition) is 11. The number of nitrogens with zero attached hydrogens (tertiary/aromatic N) is 12. The van der Waals surface area contributed by atoms with E-state index in [-0.39, 0.29) is 46.3 Å². The number of hydrogen-bond acceptors (Lipinski definition) is 28. The number of primary sulfonamides is 3. The van der Waals surface area contributed by atoms with Crippen LogP contribution >= 0.6 is 63.7 Å². The largest absolute Gasteiger partial charge is 0.365 e. The second kappa shape index (κ2) is 39.7. The Labute approximate surface area is 603 Å². The molecule has 100 heavy (non-hydrogen) atoms. The summed E-state index contributed by atoms with van der Waals surface area (Å²) < 4.78 is 161. The summed E-state index contributed by atoms with van der Waals surface area (Å²) in [6, 6.07) is 17.6. The van der Waals surface area contributed by atoms with E-state index in [1.807, 2.05) is 0 Å². The van der Waals surface area contributed by atoms with E-state index in [9.17, 15) is 51.2 Å². The first kappa shape index (κ1) is 82.5. The summed E-state index contributed by atoms with van der Waals surface area (Å²) in [7, 11) is -7.38. The van der Waals surface area contributed by atoms with Crippen LogP contribution in [0.5, 0.6) is 0 Å². The molecule has 0 aliphatic carbocycles. The van der Waals surface area contributed by atoms with Gasteiger partial charge in [0.2, 0.25) is 53.3 Å². The van der Waals surface area contributed by atoms with E-state index in [1.54, 1.807) is 58.5 Å². The molecule has 0 radical (unpaired) electrons. The van der Waals surface area contributed by atoms with Crippen molar-refractivity contribution < 1.29 is 69.7 Å². The lowest BCUT2D eigenvalue weighted by Crippen LogP contribution is -2.20. The number of sulfonamides is 3. The van der Waals surface area contributed by atoms with Gasteiger partial charge in [0.25, 0.3) is 0 Å². The Kier molecular flexibility index (Phi) is 32.8. The van der Waals surface area contributed by atoms with Crippen molar-refractivity contribution in [2.24, 2.45) is 35.4 Å². The molecule has 0 saturated heterocycles. The Morgan fingerprint density at radius 3 is 0.770 bits per heavy atom. The van der Waals surface area contributed by atoms with Crippen LogP contribution in [0, 0.1) is 23.3 Å². The van der Waals surface area contributed by atoms with Crippen molar-refractivity contribution in [3.05, 3.63) is 137 Å². The topological polar surface area (TPSA) is 516 Å². The van der Waals surface area contributed by atoms with Gasteiger partial charge < -0.3 is 42.5 Å². The molecular weight excluding hydrogens is 1670 g/mol. The van der Waals surface area contributed by atoms with Crippen molar-refractivity contribution in [2.45, 2.75) is 25.7 Å². The Morgan fingerprint density at radius 2 is 0.590 bits per heavy atom. The molecule has 8 aromatic rings. The Balaban J connectivity index is 0.000000240. The number of halogens is 8. The highest BCUT2D eigenvalue weighted by atomic mass is 79.9. The molecule has 0 aliphatic rings. The first-order chi connectivity index (χ1) is 47.2. The summed E-state index contributed by atoms with van der Waals surface area (Å²) in [4.78, 5) is 16.4. The molecule has 544 valence electrons. The molecule has 0 saturated carbocycles. The molecular formula is C53H65Br4F4N23O12S4. The fraction of sp³-hybridized carbons (Fsp3) is 0.321. The minimum Gasteiger partial charge on any atom is -0.365 e. The zero-order valence-corrected chi connectivity index (χ0v) is 62.7. The van der Waals surface area contributed by atoms with Crippen LogP contribution in [-0.4, -0.2) is 182 Å². The van der Waals surface area contributed by atoms with Gasteiger partial charge in [-0.25, -0.2) is 85.2 Å². The predicted molar refractivity (Wildman–Crippen MR) is 384 cm³/mol. The zero-order chi connectivity index (χ0) is 73.8. The van der Waals surface area contributed by atoms with Gasteiger partial charge in [-0.05, 0) is 203 Å². The molecule has 4 aromatic carbocycles. The van der Waals surface area contributed by atoms with Gasteiger partial charge >= 0.3 is 0 Å². The van der Waals surface area contributed by atoms with E-state index in [1.165, 1.54) is 48.7 Å². The minimum atomic E-state index is -3.52. The Morgan fingerprint density at radius 1 is 0.380 bits per heavy atom. The molecule has 0 amide bonds. The highest BCUT2D eigenvalue weighted by Gasteiger charge is 2.22. The van der Waals surface area contributed by atoms with Gasteiger partial charge in [0.05, 0.1) is 40.9 Å². The lowest BCUT2D eigenvalue weighted by molar-refractivity contribution is 0.307. The summed E-state index contributed by atoms with van der Waals surface area (Å²) in [6.07, 6.45) is 2.48. The van der Waals surface area contributed by atoms with Crippen LogP contribution in [0.25, 0.3) is 0 Å². The first-order valence-corrected chi connectivity index (χ1v) is 38.8. The summed E-state index contributed by atoms with van der Waals surface area (Å²) in [6.45, 7) is 1.29. The molecule has 47 heteroatoms. The molecule has 0 bridgehead atoms. The van der Waals surface area contributed by atoms with Gasteiger partial charge in [-0.3, -0.25) is 20.0 Å². The monoisotopic (exact) mass is 1740 g/mol. The van der Waals surface area contributed by atoms with E-state index in [0.717, 1.165) is 0 Å². The molecule has 4 aromatic heterocycles. The molecule has 0 atom stereocenters. The van der Waals surface area contributed by atoms with Gasteiger partial charge in [-0.1, -0.05) is 0 Å². The van der Waals surface area contributed by atoms with Gasteiger partial charge in [-0.15, -0.1) is 0 Å². The minimum absolute atomic E-state index is 0.0667. The van der Waals surface area contributed by atoms with Crippen molar-refractivity contribution in [1.29, 1.82) is 0 Å². The number of aromatic nitrogens is 8. The second-order valence-electron chi connectivity index (χ2n) is 20.0. The number of anilines is 8. The van der Waals surface area contributed by atoms with E-state index in [2.05, 4.69) is 167 Å². The second-order valence-corrected chi connectivity index (χ2v) is 30.9. The third-order valence-corrected chi connectivity index (χ3v) is 18.2. The molecule has 0 spiro atoms. The fourth-order valence-corrected chi connectivity index (χ4v) is 11.4. The molecule has 4 heterocycles. The Bertz CT molecular complexity index is 4060. The van der Waals surface area contributed by atoms with Crippen molar-refractivity contribution in [3.63, 3.8) is 0 Å². The summed E-state index contributed by atoms with van der Waals surface area (Å²) >= 11 is 12.4. The molecule has 8 rings (SSSR count). The molecule has 14 N–H and O–H groups in total. The van der Waals surface area contributed by atoms with Crippen molar-refractivity contribution in [2.75, 3.05) is 126 Å². The molecule has 0 fully saturated rings. The average Bonchev–Trinajstić information content (AvgIpc) is 1.64. The van der Waals surface area contributed by atoms with E-state index < -0.39 is 39.9 Å². The normalized spacial score (nSPS) is 12.2. The number of benzene rings is 4. The van der Waals surface area contributed by atoms with Gasteiger partial charge in [0.1, 0.15) is 33.1 Å². The zero-order valence-electron chi connectivity index (χ0n) is 53.1. The van der Waals surface area contributed by atoms with Crippen LogP contribution in [0.3, 0.4) is 0 Å². The number of nitrogens with two attached hydrogens (primary N) is 3. The summed E-state index contributed by atoms with van der Waals surface area (Å²) in [5.74, 6) is 0.669. The van der Waals surface area contributed by atoms with Crippen LogP contribution in [0.15, 0.2) is 129 Å². The number of rotatable bonds is 28. The fourth-order valence-electron chi connectivity index (χ4n) is 7.55. The maximum absolute atomic E-state index is 13.3. The quantitative estimate of drug-likeness (QED) is 0.0102. The summed E-state index contributed by atoms with van der Waals surface area (Å²) in [5, 5.41) is 68.6. The number of nitrogens with one attached hydrogen (secondary N) is 8. The van der Waals surface area contributed by atoms with Crippen molar-refractivity contribution in [3.8, 4) is 0 Å². The first-order valence-electron chi connectivity index (χ1n) is 28.4. The smallest absolute Gasteiger partial charge is 0.209 e. The van der Waals surface area contributed by atoms with Gasteiger partial charge in [0, 0.05) is 83.4 Å². The Hall–Kier alpha value is -8.16. The van der Waals surface area contributed by atoms with Crippen LogP contribution in [0.4, 0.5) is 63.6 Å². The molecule has 0 unspecified atom stereocenters. The van der Waals surface area contributed by atoms with Crippen LogP contribution in [0.2, 0.25) is 0 Å². The van der Waals surface area contributed by atoms with Crippen molar-refractivity contribution >= 4 is 173 Å². The van der Waals surface area contributed by atoms with Crippen LogP contribution in [-0.2, 0) is 39.9 Å². The lowest BCUT2D eigenvalue weighted by atomic mass is 10.3. The van der Waals surface area contributed by atoms with Crippen LogP contribution in [0.1, 0.15) is 48.5 Å². The van der Waals surface area contributed by atoms with E-state index in [0.29, 0.717) is 162 Å². The lowest BCUT2D eigenvalue weighted by Gasteiger charge is -2.09. The van der Waals surface area contributed by atoms with E-state index >= 15 is 0 Å². The predicted octanol–water partition coefficient (Wildman–Crippen LogP) is 6.96. The maximum Gasteiger partial charge on any atom is 0.209 e. The third kappa shape index (κ3) is 29.2. The van der Waals surface area contributed by atoms with E-state index in [4.69, 9.17) is 33.9 Å². The van der Waals surface area contributed by atoms with Gasteiger partial charge in [-0.2, -0.15) is 0 Å². The van der Waals surface area contributed by atoms with Crippen molar-refractivity contribution in [1.82, 2.24) is 41.3 Å². The SMILES string of the molecule is CN=C(Nc1ccc(F)c(Br)c1)c1nonc1NCCCS(C)(=O)=O.CN=C(Nc1ccc(F)c(Br)c1)c1nonc1NCCCS(N)(=O)=O.CN=C(Nc1ccc(F)c(Br)c1)c1nonc1NCCCS(N)(=O)=O.CN=C(Nc1ccc(F)c(Br)c1)c1nonc1NCCCS(N)(=O)=O. The number of aliphatic imine (C=N–C) groups is 4. The highest BCUT2D eigenvalue weighted by molar-refractivity contribution is 9.11.